The van der Waals surface area contributed by atoms with Crippen molar-refractivity contribution in [3.05, 3.63) is 119 Å². The zero-order chi connectivity index (χ0) is 26.2. The molecule has 1 unspecified atom stereocenters. The summed E-state index contributed by atoms with van der Waals surface area (Å²) in [5.41, 5.74) is 3.72. The third-order valence-corrected chi connectivity index (χ3v) is 7.02. The lowest BCUT2D eigenvalue weighted by Gasteiger charge is -2.18. The lowest BCUT2D eigenvalue weighted by Crippen LogP contribution is -2.19. The van der Waals surface area contributed by atoms with E-state index >= 15 is 0 Å². The highest BCUT2D eigenvalue weighted by Gasteiger charge is 2.22. The minimum atomic E-state index is -0.486. The summed E-state index contributed by atoms with van der Waals surface area (Å²) in [5, 5.41) is 9.76. The molecule has 0 bridgehead atoms. The molecule has 1 atom stereocenters. The summed E-state index contributed by atoms with van der Waals surface area (Å²) in [4.78, 5) is 25.7. The van der Waals surface area contributed by atoms with Gasteiger partial charge in [-0.3, -0.25) is 9.59 Å². The zero-order valence-electron chi connectivity index (χ0n) is 19.9. The molecule has 0 spiro atoms. The molecule has 186 valence electrons. The molecular weight excluding hydrogens is 522 g/mol. The average Bonchev–Trinajstić information content (AvgIpc) is 2.88. The fourth-order valence-electron chi connectivity index (χ4n) is 3.54. The summed E-state index contributed by atoms with van der Waals surface area (Å²) in [6.45, 7) is 1.53. The van der Waals surface area contributed by atoms with Gasteiger partial charge < -0.3 is 16.0 Å². The lowest BCUT2D eigenvalue weighted by atomic mass is 10.1. The number of anilines is 3. The van der Waals surface area contributed by atoms with Crippen LogP contribution in [0.1, 0.15) is 28.1 Å². The topological polar surface area (TPSA) is 70.2 Å². The molecule has 0 aromatic heterocycles. The predicted octanol–water partition coefficient (Wildman–Crippen LogP) is 7.82. The first-order chi connectivity index (χ1) is 17.9. The molecule has 3 N–H and O–H groups in total. The Morgan fingerprint density at radius 1 is 0.757 bits per heavy atom. The Bertz CT molecular complexity index is 1410. The van der Waals surface area contributed by atoms with E-state index in [9.17, 15) is 9.59 Å². The number of amides is 1. The van der Waals surface area contributed by atoms with Crippen molar-refractivity contribution < 1.29 is 9.59 Å². The molecule has 0 saturated heterocycles. The van der Waals surface area contributed by atoms with Crippen LogP contribution >= 0.6 is 35.6 Å². The summed E-state index contributed by atoms with van der Waals surface area (Å²) in [6.07, 6.45) is 0. The molecule has 4 aromatic carbocycles. The minimum absolute atomic E-state index is 0.0108. The molecule has 0 aliphatic heterocycles. The number of hydrogen-bond acceptors (Lipinski definition) is 4. The fourth-order valence-corrected chi connectivity index (χ4v) is 5.05. The quantitative estimate of drug-likeness (QED) is 0.119. The summed E-state index contributed by atoms with van der Waals surface area (Å²) < 4.78 is 0. The summed E-state index contributed by atoms with van der Waals surface area (Å²) in [6, 6.07) is 31.6. The second-order valence-electron chi connectivity index (χ2n) is 8.15. The van der Waals surface area contributed by atoms with Gasteiger partial charge in [-0.05, 0) is 85.4 Å². The van der Waals surface area contributed by atoms with Gasteiger partial charge in [0.1, 0.15) is 5.25 Å². The minimum Gasteiger partial charge on any atom is -0.332 e. The van der Waals surface area contributed by atoms with Gasteiger partial charge in [-0.2, -0.15) is 0 Å². The van der Waals surface area contributed by atoms with Gasteiger partial charge >= 0.3 is 0 Å². The van der Waals surface area contributed by atoms with Gasteiger partial charge in [0.25, 0.3) is 0 Å². The Labute approximate surface area is 230 Å². The lowest BCUT2D eigenvalue weighted by molar-refractivity contribution is -0.115. The second-order valence-corrected chi connectivity index (χ2v) is 10.2. The van der Waals surface area contributed by atoms with Crippen LogP contribution in [0.5, 0.6) is 0 Å². The number of thiocarbonyl (C=S) groups is 1. The molecular formula is C29H24ClN3O2S2. The normalized spacial score (nSPS) is 11.3. The number of Topliss-reactive ketones (excluding diaryl/α,β-unsaturated/α-hetero) is 1. The first-order valence-corrected chi connectivity index (χ1v) is 13.1. The highest BCUT2D eigenvalue weighted by atomic mass is 35.5. The maximum atomic E-state index is 13.3. The van der Waals surface area contributed by atoms with Crippen LogP contribution in [-0.4, -0.2) is 16.8 Å². The molecule has 37 heavy (non-hydrogen) atoms. The number of benzene rings is 4. The number of nitrogens with one attached hydrogen (secondary N) is 3. The van der Waals surface area contributed by atoms with Crippen LogP contribution in [0.4, 0.5) is 17.1 Å². The van der Waals surface area contributed by atoms with Crippen molar-refractivity contribution in [2.75, 3.05) is 16.0 Å². The van der Waals surface area contributed by atoms with E-state index in [1.807, 2.05) is 60.7 Å². The van der Waals surface area contributed by atoms with Crippen molar-refractivity contribution in [3.8, 4) is 0 Å². The molecule has 0 aliphatic carbocycles. The first-order valence-electron chi connectivity index (χ1n) is 11.4. The SMILES string of the molecule is CC(=O)c1ccc(NC(=S)Nc2cccc(SC(C(=O)Nc3cccc(Cl)c3)c3ccccc3)c2)cc1. The number of halogens is 1. The largest absolute Gasteiger partial charge is 0.332 e. The molecule has 5 nitrogen and oxygen atoms in total. The Morgan fingerprint density at radius 3 is 2.08 bits per heavy atom. The summed E-state index contributed by atoms with van der Waals surface area (Å²) in [7, 11) is 0. The Hall–Kier alpha value is -3.65. The molecule has 4 aromatic rings. The third kappa shape index (κ3) is 7.67. The Kier molecular flexibility index (Phi) is 8.95. The van der Waals surface area contributed by atoms with Crippen LogP contribution in [0.3, 0.4) is 0 Å². The van der Waals surface area contributed by atoms with E-state index in [-0.39, 0.29) is 11.7 Å². The van der Waals surface area contributed by atoms with Crippen LogP contribution in [0.2, 0.25) is 5.02 Å². The standard InChI is InChI=1S/C29H24ClN3O2S2/c1-19(34)20-13-15-23(16-14-20)32-29(36)33-25-11-6-12-26(18-25)37-27(21-7-3-2-4-8-21)28(35)31-24-10-5-9-22(30)17-24/h2-18,27H,1H3,(H,31,35)(H2,32,33,36). The van der Waals surface area contributed by atoms with E-state index in [2.05, 4.69) is 16.0 Å². The van der Waals surface area contributed by atoms with Gasteiger partial charge in [0.15, 0.2) is 10.9 Å². The Balaban J connectivity index is 1.47. The molecule has 1 amide bonds. The smallest absolute Gasteiger partial charge is 0.242 e. The van der Waals surface area contributed by atoms with Crippen LogP contribution in [0, 0.1) is 0 Å². The number of carbonyl (C=O) groups is 2. The van der Waals surface area contributed by atoms with Crippen molar-refractivity contribution >= 4 is 69.4 Å². The van der Waals surface area contributed by atoms with Gasteiger partial charge in [0.2, 0.25) is 5.91 Å². The molecule has 0 aliphatic rings. The highest BCUT2D eigenvalue weighted by Crippen LogP contribution is 2.37. The van der Waals surface area contributed by atoms with Crippen LogP contribution in [-0.2, 0) is 4.79 Å². The van der Waals surface area contributed by atoms with E-state index in [1.54, 1.807) is 42.5 Å². The number of rotatable bonds is 8. The monoisotopic (exact) mass is 545 g/mol. The zero-order valence-corrected chi connectivity index (χ0v) is 22.3. The van der Waals surface area contributed by atoms with Crippen LogP contribution in [0.15, 0.2) is 108 Å². The maximum absolute atomic E-state index is 13.3. The number of hydrogen-bond donors (Lipinski definition) is 3. The summed E-state index contributed by atoms with van der Waals surface area (Å²) >= 11 is 13.0. The molecule has 0 saturated carbocycles. The van der Waals surface area contributed by atoms with Crippen molar-refractivity contribution in [3.63, 3.8) is 0 Å². The van der Waals surface area contributed by atoms with E-state index in [0.29, 0.717) is 21.4 Å². The van der Waals surface area contributed by atoms with Crippen molar-refractivity contribution in [2.24, 2.45) is 0 Å². The van der Waals surface area contributed by atoms with Crippen molar-refractivity contribution in [2.45, 2.75) is 17.1 Å². The maximum Gasteiger partial charge on any atom is 0.242 e. The van der Waals surface area contributed by atoms with Crippen molar-refractivity contribution in [1.82, 2.24) is 0 Å². The summed E-state index contributed by atoms with van der Waals surface area (Å²) in [5.74, 6) is -0.139. The first kappa shape index (κ1) is 26.4. The van der Waals surface area contributed by atoms with Gasteiger partial charge in [0.05, 0.1) is 0 Å². The predicted molar refractivity (Wildman–Crippen MR) is 158 cm³/mol. The second kappa shape index (κ2) is 12.5. The number of carbonyl (C=O) groups excluding carboxylic acids is 2. The van der Waals surface area contributed by atoms with Gasteiger partial charge in [-0.25, -0.2) is 0 Å². The van der Waals surface area contributed by atoms with Crippen molar-refractivity contribution in [1.29, 1.82) is 0 Å². The fraction of sp³-hybridized carbons (Fsp3) is 0.0690. The van der Waals surface area contributed by atoms with E-state index in [0.717, 1.165) is 21.8 Å². The highest BCUT2D eigenvalue weighted by molar-refractivity contribution is 8.00. The molecule has 0 heterocycles. The van der Waals surface area contributed by atoms with E-state index in [4.69, 9.17) is 23.8 Å². The van der Waals surface area contributed by atoms with Crippen LogP contribution in [0.25, 0.3) is 0 Å². The third-order valence-electron chi connectivity index (χ3n) is 5.33. The molecule has 0 fully saturated rings. The molecule has 8 heteroatoms. The average molecular weight is 546 g/mol. The van der Waals surface area contributed by atoms with Gasteiger partial charge in [-0.15, -0.1) is 11.8 Å². The molecule has 0 radical (unpaired) electrons. The van der Waals surface area contributed by atoms with Gasteiger partial charge in [-0.1, -0.05) is 54.1 Å². The van der Waals surface area contributed by atoms with Gasteiger partial charge in [0, 0.05) is 32.5 Å². The van der Waals surface area contributed by atoms with E-state index in [1.165, 1.54) is 18.7 Å². The number of thioether (sulfide) groups is 1. The van der Waals surface area contributed by atoms with Crippen LogP contribution < -0.4 is 16.0 Å². The Morgan fingerprint density at radius 2 is 1.41 bits per heavy atom. The molecule has 4 rings (SSSR count). The van der Waals surface area contributed by atoms with E-state index < -0.39 is 5.25 Å². The number of ketones is 1.